The fraction of sp³-hybridized carbons (Fsp3) is 0.611. The summed E-state index contributed by atoms with van der Waals surface area (Å²) < 4.78 is 5.44. The highest BCUT2D eigenvalue weighted by atomic mass is 35.5. The molecule has 1 atom stereocenters. The Morgan fingerprint density at radius 2 is 1.91 bits per heavy atom. The molecule has 1 aliphatic carbocycles. The number of halogens is 1. The van der Waals surface area contributed by atoms with E-state index in [2.05, 4.69) is 5.32 Å². The van der Waals surface area contributed by atoms with Gasteiger partial charge in [0.05, 0.1) is 5.92 Å². The molecule has 1 saturated carbocycles. The lowest BCUT2D eigenvalue weighted by Crippen LogP contribution is -2.34. The minimum absolute atomic E-state index is 0. The molecule has 0 aromatic heterocycles. The third-order valence-corrected chi connectivity index (χ3v) is 4.28. The molecule has 4 heteroatoms. The third kappa shape index (κ3) is 5.98. The zero-order valence-corrected chi connectivity index (χ0v) is 14.2. The van der Waals surface area contributed by atoms with Crippen LogP contribution in [0.15, 0.2) is 30.3 Å². The van der Waals surface area contributed by atoms with Crippen LogP contribution in [0, 0.1) is 0 Å². The van der Waals surface area contributed by atoms with Crippen LogP contribution >= 0.6 is 12.4 Å². The van der Waals surface area contributed by atoms with Crippen molar-refractivity contribution in [3.8, 4) is 0 Å². The second-order valence-electron chi connectivity index (χ2n) is 5.83. The maximum Gasteiger partial charge on any atom is 0.313 e. The summed E-state index contributed by atoms with van der Waals surface area (Å²) in [5.41, 5.74) is 1.05. The molecule has 1 aromatic carbocycles. The fourth-order valence-electron chi connectivity index (χ4n) is 3.05. The van der Waals surface area contributed by atoms with Gasteiger partial charge in [0.1, 0.15) is 6.61 Å². The molecular formula is C18H28ClNO2. The van der Waals surface area contributed by atoms with E-state index < -0.39 is 0 Å². The topological polar surface area (TPSA) is 38.3 Å². The SMILES string of the molecule is CCC(C(=O)OCCNC1CCCCC1)c1ccccc1.Cl. The van der Waals surface area contributed by atoms with Crippen molar-refractivity contribution in [1.82, 2.24) is 5.32 Å². The van der Waals surface area contributed by atoms with E-state index in [1.165, 1.54) is 32.1 Å². The smallest absolute Gasteiger partial charge is 0.313 e. The molecule has 124 valence electrons. The molecule has 1 N–H and O–H groups in total. The highest BCUT2D eigenvalue weighted by Gasteiger charge is 2.20. The molecule has 1 aliphatic rings. The van der Waals surface area contributed by atoms with E-state index in [-0.39, 0.29) is 24.3 Å². The molecule has 0 spiro atoms. The number of carbonyl (C=O) groups excluding carboxylic acids is 1. The molecule has 0 aliphatic heterocycles. The predicted octanol–water partition coefficient (Wildman–Crippen LogP) is 4.07. The number of rotatable bonds is 7. The van der Waals surface area contributed by atoms with Crippen molar-refractivity contribution >= 4 is 18.4 Å². The van der Waals surface area contributed by atoms with Crippen LogP contribution in [0.4, 0.5) is 0 Å². The quantitative estimate of drug-likeness (QED) is 0.606. The number of hydrogen-bond acceptors (Lipinski definition) is 3. The molecule has 2 rings (SSSR count). The van der Waals surface area contributed by atoms with Crippen LogP contribution in [-0.2, 0) is 9.53 Å². The van der Waals surface area contributed by atoms with Gasteiger partial charge >= 0.3 is 5.97 Å². The van der Waals surface area contributed by atoms with Gasteiger partial charge in [-0.05, 0) is 24.8 Å². The van der Waals surface area contributed by atoms with Crippen molar-refractivity contribution in [2.24, 2.45) is 0 Å². The van der Waals surface area contributed by atoms with Crippen molar-refractivity contribution < 1.29 is 9.53 Å². The third-order valence-electron chi connectivity index (χ3n) is 4.28. The molecule has 3 nitrogen and oxygen atoms in total. The van der Waals surface area contributed by atoms with Crippen LogP contribution < -0.4 is 5.32 Å². The van der Waals surface area contributed by atoms with Crippen molar-refractivity contribution in [2.45, 2.75) is 57.4 Å². The maximum absolute atomic E-state index is 12.2. The van der Waals surface area contributed by atoms with E-state index in [4.69, 9.17) is 4.74 Å². The Morgan fingerprint density at radius 3 is 2.55 bits per heavy atom. The van der Waals surface area contributed by atoms with Gasteiger partial charge in [0.15, 0.2) is 0 Å². The van der Waals surface area contributed by atoms with Gasteiger partial charge in [-0.25, -0.2) is 0 Å². The summed E-state index contributed by atoms with van der Waals surface area (Å²) in [6.07, 6.45) is 7.30. The van der Waals surface area contributed by atoms with Crippen molar-refractivity contribution in [1.29, 1.82) is 0 Å². The number of esters is 1. The van der Waals surface area contributed by atoms with Gasteiger partial charge in [-0.3, -0.25) is 4.79 Å². The molecule has 1 fully saturated rings. The van der Waals surface area contributed by atoms with E-state index in [0.29, 0.717) is 12.6 Å². The molecule has 0 saturated heterocycles. The Kier molecular flexibility index (Phi) is 9.17. The summed E-state index contributed by atoms with van der Waals surface area (Å²) in [5, 5.41) is 3.50. The van der Waals surface area contributed by atoms with Crippen molar-refractivity contribution in [3.63, 3.8) is 0 Å². The van der Waals surface area contributed by atoms with Crippen LogP contribution in [0.5, 0.6) is 0 Å². The normalized spacial score (nSPS) is 16.6. The highest BCUT2D eigenvalue weighted by Crippen LogP contribution is 2.20. The Bertz CT molecular complexity index is 418. The number of carbonyl (C=O) groups is 1. The molecule has 1 unspecified atom stereocenters. The molecular weight excluding hydrogens is 298 g/mol. The van der Waals surface area contributed by atoms with E-state index in [9.17, 15) is 4.79 Å². The first-order valence-electron chi connectivity index (χ1n) is 8.26. The first-order chi connectivity index (χ1) is 10.3. The summed E-state index contributed by atoms with van der Waals surface area (Å²) in [6, 6.07) is 10.5. The molecule has 0 amide bonds. The number of nitrogens with one attached hydrogen (secondary N) is 1. The molecule has 22 heavy (non-hydrogen) atoms. The van der Waals surface area contributed by atoms with Crippen LogP contribution in [0.1, 0.15) is 56.9 Å². The zero-order chi connectivity index (χ0) is 14.9. The Hall–Kier alpha value is -1.06. The average Bonchev–Trinajstić information content (AvgIpc) is 2.54. The molecule has 1 aromatic rings. The van der Waals surface area contributed by atoms with E-state index >= 15 is 0 Å². The summed E-state index contributed by atoms with van der Waals surface area (Å²) >= 11 is 0. The predicted molar refractivity (Wildman–Crippen MR) is 92.6 cm³/mol. The summed E-state index contributed by atoms with van der Waals surface area (Å²) in [6.45, 7) is 3.26. The molecule has 0 heterocycles. The number of hydrogen-bond donors (Lipinski definition) is 1. The lowest BCUT2D eigenvalue weighted by Gasteiger charge is -2.23. The molecule has 0 radical (unpaired) electrons. The van der Waals surface area contributed by atoms with Crippen molar-refractivity contribution in [3.05, 3.63) is 35.9 Å². The average molecular weight is 326 g/mol. The van der Waals surface area contributed by atoms with Crippen LogP contribution in [0.25, 0.3) is 0 Å². The Labute approximate surface area is 140 Å². The zero-order valence-electron chi connectivity index (χ0n) is 13.4. The van der Waals surface area contributed by atoms with Gasteiger partial charge in [-0.2, -0.15) is 0 Å². The number of ether oxygens (including phenoxy) is 1. The summed E-state index contributed by atoms with van der Waals surface area (Å²) in [5.74, 6) is -0.241. The van der Waals surface area contributed by atoms with Gasteiger partial charge in [0, 0.05) is 12.6 Å². The van der Waals surface area contributed by atoms with Gasteiger partial charge < -0.3 is 10.1 Å². The van der Waals surface area contributed by atoms with Crippen LogP contribution in [0.3, 0.4) is 0 Å². The summed E-state index contributed by atoms with van der Waals surface area (Å²) in [4.78, 5) is 12.2. The first-order valence-corrected chi connectivity index (χ1v) is 8.26. The minimum atomic E-state index is -0.138. The monoisotopic (exact) mass is 325 g/mol. The first kappa shape index (κ1) is 19.0. The Balaban J connectivity index is 0.00000242. The van der Waals surface area contributed by atoms with Gasteiger partial charge in [-0.1, -0.05) is 56.5 Å². The summed E-state index contributed by atoms with van der Waals surface area (Å²) in [7, 11) is 0. The maximum atomic E-state index is 12.2. The van der Waals surface area contributed by atoms with Gasteiger partial charge in [0.2, 0.25) is 0 Å². The minimum Gasteiger partial charge on any atom is -0.464 e. The standard InChI is InChI=1S/C18H27NO2.ClH/c1-2-17(15-9-5-3-6-10-15)18(20)21-14-13-19-16-11-7-4-8-12-16;/h3,5-6,9-10,16-17,19H,2,4,7-8,11-14H2,1H3;1H. The van der Waals surface area contributed by atoms with E-state index in [1.54, 1.807) is 0 Å². The van der Waals surface area contributed by atoms with E-state index in [1.807, 2.05) is 37.3 Å². The fourth-order valence-corrected chi connectivity index (χ4v) is 3.05. The van der Waals surface area contributed by atoms with Gasteiger partial charge in [-0.15, -0.1) is 12.4 Å². The lowest BCUT2D eigenvalue weighted by atomic mass is 9.95. The van der Waals surface area contributed by atoms with E-state index in [0.717, 1.165) is 18.5 Å². The van der Waals surface area contributed by atoms with Crippen LogP contribution in [0.2, 0.25) is 0 Å². The second-order valence-corrected chi connectivity index (χ2v) is 5.83. The lowest BCUT2D eigenvalue weighted by molar-refractivity contribution is -0.145. The van der Waals surface area contributed by atoms with Crippen molar-refractivity contribution in [2.75, 3.05) is 13.2 Å². The largest absolute Gasteiger partial charge is 0.464 e. The molecule has 0 bridgehead atoms. The highest BCUT2D eigenvalue weighted by molar-refractivity contribution is 5.85. The Morgan fingerprint density at radius 1 is 1.23 bits per heavy atom. The second kappa shape index (κ2) is 10.6. The van der Waals surface area contributed by atoms with Crippen LogP contribution in [-0.4, -0.2) is 25.2 Å². The van der Waals surface area contributed by atoms with Gasteiger partial charge in [0.25, 0.3) is 0 Å². The number of benzene rings is 1.